The highest BCUT2D eigenvalue weighted by Crippen LogP contribution is 2.38. The summed E-state index contributed by atoms with van der Waals surface area (Å²) in [5.74, 6) is 0.446. The van der Waals surface area contributed by atoms with Crippen LogP contribution in [0.3, 0.4) is 0 Å². The van der Waals surface area contributed by atoms with E-state index in [-0.39, 0.29) is 30.7 Å². The van der Waals surface area contributed by atoms with Gasteiger partial charge in [0.15, 0.2) is 0 Å². The van der Waals surface area contributed by atoms with Crippen LogP contribution in [0.5, 0.6) is 5.75 Å². The largest absolute Gasteiger partial charge is 0.496 e. The number of anilines is 1. The highest BCUT2D eigenvalue weighted by molar-refractivity contribution is 8.00. The average molecular weight is 426 g/mol. The molecular formula is C22H19FN2O4S. The van der Waals surface area contributed by atoms with E-state index in [2.05, 4.69) is 5.32 Å². The summed E-state index contributed by atoms with van der Waals surface area (Å²) in [4.78, 5) is 27.4. The molecule has 1 aliphatic heterocycles. The predicted octanol–water partition coefficient (Wildman–Crippen LogP) is 4.00. The summed E-state index contributed by atoms with van der Waals surface area (Å²) in [6.45, 7) is 0.333. The lowest BCUT2D eigenvalue weighted by atomic mass is 10.1. The number of carbonyl (C=O) groups is 2. The van der Waals surface area contributed by atoms with E-state index in [9.17, 15) is 14.0 Å². The van der Waals surface area contributed by atoms with Crippen LogP contribution >= 0.6 is 11.8 Å². The third-order valence-corrected chi connectivity index (χ3v) is 5.81. The van der Waals surface area contributed by atoms with Crippen molar-refractivity contribution >= 4 is 29.3 Å². The Hall–Kier alpha value is -3.26. The molecule has 0 radical (unpaired) electrons. The quantitative estimate of drug-likeness (QED) is 0.645. The Bertz CT molecular complexity index is 1080. The highest BCUT2D eigenvalue weighted by Gasteiger charge is 2.27. The van der Waals surface area contributed by atoms with Gasteiger partial charge in [-0.25, -0.2) is 4.39 Å². The van der Waals surface area contributed by atoms with Crippen LogP contribution in [0.15, 0.2) is 64.1 Å². The van der Waals surface area contributed by atoms with Crippen molar-refractivity contribution in [2.24, 2.45) is 0 Å². The SMILES string of the molecule is COc1cccc(F)c1CN1C(=O)CSc2cc(C(=O)NCc3ccco3)ccc21. The summed E-state index contributed by atoms with van der Waals surface area (Å²) < 4.78 is 24.9. The van der Waals surface area contributed by atoms with Crippen LogP contribution < -0.4 is 15.0 Å². The molecule has 8 heteroatoms. The maximum absolute atomic E-state index is 14.4. The van der Waals surface area contributed by atoms with Crippen LogP contribution in [0, 0.1) is 5.82 Å². The van der Waals surface area contributed by atoms with E-state index in [1.807, 2.05) is 0 Å². The number of fused-ring (bicyclic) bond motifs is 1. The van der Waals surface area contributed by atoms with Gasteiger partial charge in [0.05, 0.1) is 37.9 Å². The zero-order chi connectivity index (χ0) is 21.1. The number of hydrogen-bond donors (Lipinski definition) is 1. The molecule has 0 unspecified atom stereocenters. The molecule has 1 aromatic heterocycles. The van der Waals surface area contributed by atoms with Gasteiger partial charge >= 0.3 is 0 Å². The standard InChI is InChI=1S/C22H19FN2O4S/c1-28-19-6-2-5-17(23)16(19)12-25-18-8-7-14(10-20(18)30-13-21(25)26)22(27)24-11-15-4-3-9-29-15/h2-10H,11-13H2,1H3,(H,24,27). The van der Waals surface area contributed by atoms with Crippen molar-refractivity contribution in [3.63, 3.8) is 0 Å². The first-order valence-electron chi connectivity index (χ1n) is 9.26. The number of benzene rings is 2. The van der Waals surface area contributed by atoms with Gasteiger partial charge in [-0.2, -0.15) is 0 Å². The molecule has 2 heterocycles. The van der Waals surface area contributed by atoms with Gasteiger partial charge < -0.3 is 19.4 Å². The van der Waals surface area contributed by atoms with Crippen molar-refractivity contribution < 1.29 is 23.1 Å². The number of carbonyl (C=O) groups excluding carboxylic acids is 2. The zero-order valence-corrected chi connectivity index (χ0v) is 17.0. The lowest BCUT2D eigenvalue weighted by Crippen LogP contribution is -2.35. The molecule has 1 aliphatic rings. The smallest absolute Gasteiger partial charge is 0.251 e. The molecule has 2 aromatic carbocycles. The van der Waals surface area contributed by atoms with E-state index in [0.717, 1.165) is 4.90 Å². The minimum atomic E-state index is -0.434. The van der Waals surface area contributed by atoms with E-state index in [4.69, 9.17) is 9.15 Å². The van der Waals surface area contributed by atoms with Crippen molar-refractivity contribution in [1.82, 2.24) is 5.32 Å². The molecule has 0 bridgehead atoms. The van der Waals surface area contributed by atoms with Crippen LogP contribution in [0.4, 0.5) is 10.1 Å². The number of rotatable bonds is 6. The van der Waals surface area contributed by atoms with Crippen LogP contribution in [-0.2, 0) is 17.9 Å². The number of methoxy groups -OCH3 is 1. The molecule has 0 aliphatic carbocycles. The molecular weight excluding hydrogens is 407 g/mol. The van der Waals surface area contributed by atoms with E-state index in [0.29, 0.717) is 28.3 Å². The van der Waals surface area contributed by atoms with Gasteiger partial charge in [-0.1, -0.05) is 6.07 Å². The molecule has 6 nitrogen and oxygen atoms in total. The highest BCUT2D eigenvalue weighted by atomic mass is 32.2. The Morgan fingerprint density at radius 1 is 1.27 bits per heavy atom. The zero-order valence-electron chi connectivity index (χ0n) is 16.2. The summed E-state index contributed by atoms with van der Waals surface area (Å²) in [5, 5.41) is 2.80. The first-order chi connectivity index (χ1) is 14.6. The molecule has 0 saturated heterocycles. The van der Waals surface area contributed by atoms with E-state index >= 15 is 0 Å². The number of hydrogen-bond acceptors (Lipinski definition) is 5. The van der Waals surface area contributed by atoms with Gasteiger partial charge in [0.2, 0.25) is 5.91 Å². The fourth-order valence-electron chi connectivity index (χ4n) is 3.24. The average Bonchev–Trinajstić information content (AvgIpc) is 3.28. The summed E-state index contributed by atoms with van der Waals surface area (Å²) in [5.41, 5.74) is 1.43. The van der Waals surface area contributed by atoms with Gasteiger partial charge in [0, 0.05) is 16.0 Å². The van der Waals surface area contributed by atoms with Gasteiger partial charge in [-0.05, 0) is 42.5 Å². The molecule has 0 fully saturated rings. The Labute approximate surface area is 177 Å². The molecule has 0 saturated carbocycles. The van der Waals surface area contributed by atoms with Crippen LogP contribution in [0.2, 0.25) is 0 Å². The Balaban J connectivity index is 1.57. The van der Waals surface area contributed by atoms with E-state index in [1.165, 1.54) is 29.8 Å². The maximum atomic E-state index is 14.4. The van der Waals surface area contributed by atoms with E-state index < -0.39 is 5.82 Å². The molecule has 0 spiro atoms. The number of nitrogens with one attached hydrogen (secondary N) is 1. The maximum Gasteiger partial charge on any atom is 0.251 e. The van der Waals surface area contributed by atoms with Gasteiger partial charge in [0.25, 0.3) is 5.91 Å². The molecule has 30 heavy (non-hydrogen) atoms. The lowest BCUT2D eigenvalue weighted by molar-refractivity contribution is -0.116. The minimum Gasteiger partial charge on any atom is -0.496 e. The summed E-state index contributed by atoms with van der Waals surface area (Å²) in [6, 6.07) is 13.2. The van der Waals surface area contributed by atoms with Crippen molar-refractivity contribution in [3.05, 3.63) is 77.5 Å². The third-order valence-electron chi connectivity index (χ3n) is 4.78. The van der Waals surface area contributed by atoms with Crippen molar-refractivity contribution in [2.75, 3.05) is 17.8 Å². The molecule has 4 rings (SSSR count). The Morgan fingerprint density at radius 3 is 2.90 bits per heavy atom. The molecule has 1 N–H and O–H groups in total. The number of furan rings is 1. The Morgan fingerprint density at radius 2 is 2.13 bits per heavy atom. The summed E-state index contributed by atoms with van der Waals surface area (Å²) >= 11 is 1.36. The van der Waals surface area contributed by atoms with Gasteiger partial charge in [-0.15, -0.1) is 11.8 Å². The summed E-state index contributed by atoms with van der Waals surface area (Å²) in [7, 11) is 1.47. The molecule has 3 aromatic rings. The molecule has 0 atom stereocenters. The van der Waals surface area contributed by atoms with Crippen molar-refractivity contribution in [3.8, 4) is 5.75 Å². The fraction of sp³-hybridized carbons (Fsp3) is 0.182. The van der Waals surface area contributed by atoms with Crippen LogP contribution in [-0.4, -0.2) is 24.7 Å². The van der Waals surface area contributed by atoms with Gasteiger partial charge in [-0.3, -0.25) is 9.59 Å². The van der Waals surface area contributed by atoms with Crippen LogP contribution in [0.1, 0.15) is 21.7 Å². The minimum absolute atomic E-state index is 0.0479. The second kappa shape index (κ2) is 8.62. The second-order valence-corrected chi connectivity index (χ2v) is 7.65. The van der Waals surface area contributed by atoms with Crippen molar-refractivity contribution in [1.29, 1.82) is 0 Å². The number of amides is 2. The van der Waals surface area contributed by atoms with Gasteiger partial charge in [0.1, 0.15) is 17.3 Å². The van der Waals surface area contributed by atoms with E-state index in [1.54, 1.807) is 48.7 Å². The molecule has 154 valence electrons. The first kappa shape index (κ1) is 20.0. The number of thioether (sulfide) groups is 1. The lowest BCUT2D eigenvalue weighted by Gasteiger charge is -2.30. The Kier molecular flexibility index (Phi) is 5.76. The number of nitrogens with zero attached hydrogens (tertiary/aromatic N) is 1. The third kappa shape index (κ3) is 4.04. The van der Waals surface area contributed by atoms with Crippen LogP contribution in [0.25, 0.3) is 0 Å². The predicted molar refractivity (Wildman–Crippen MR) is 111 cm³/mol. The van der Waals surface area contributed by atoms with Crippen molar-refractivity contribution in [2.45, 2.75) is 18.0 Å². The number of ether oxygens (including phenoxy) is 1. The monoisotopic (exact) mass is 426 g/mol. The first-order valence-corrected chi connectivity index (χ1v) is 10.2. The molecule has 2 amide bonds. The second-order valence-electron chi connectivity index (χ2n) is 6.63. The normalized spacial score (nSPS) is 13.1. The fourth-order valence-corrected chi connectivity index (χ4v) is 4.21. The summed E-state index contributed by atoms with van der Waals surface area (Å²) in [6.07, 6.45) is 1.55. The topological polar surface area (TPSA) is 71.8 Å². The number of halogens is 1.